The molecular weight excluding hydrogens is 412 g/mol. The van der Waals surface area contributed by atoms with Crippen LogP contribution in [-0.2, 0) is 0 Å². The Labute approximate surface area is 197 Å². The maximum Gasteiger partial charge on any atom is 0.347 e. The van der Waals surface area contributed by atoms with E-state index in [2.05, 4.69) is 13.8 Å². The fourth-order valence-electron chi connectivity index (χ4n) is 3.81. The van der Waals surface area contributed by atoms with E-state index in [1.807, 2.05) is 42.5 Å². The van der Waals surface area contributed by atoms with E-state index in [-0.39, 0.29) is 0 Å². The van der Waals surface area contributed by atoms with Gasteiger partial charge in [-0.3, -0.25) is 0 Å². The Morgan fingerprint density at radius 1 is 0.697 bits per heavy atom. The summed E-state index contributed by atoms with van der Waals surface area (Å²) in [5.41, 5.74) is 0.400. The predicted octanol–water partition coefficient (Wildman–Crippen LogP) is 7.98. The maximum atomic E-state index is 13.2. The SMILES string of the molecule is CCCCCCOc1cc(C(=O)Oc2ccccc2)c(OCCCCCC)c2ccccc12. The van der Waals surface area contributed by atoms with Crippen molar-refractivity contribution in [1.29, 1.82) is 0 Å². The standard InChI is InChI=1S/C29H36O4/c1-3-5-7-14-20-31-27-22-26(29(30)33-23-16-10-9-11-17-23)28(32-21-15-8-6-4-2)25-19-13-12-18-24(25)27/h9-13,16-19,22H,3-8,14-15,20-21H2,1-2H3. The minimum atomic E-state index is -0.439. The second-order valence-corrected chi connectivity index (χ2v) is 8.32. The van der Waals surface area contributed by atoms with Crippen molar-refractivity contribution in [2.45, 2.75) is 65.2 Å². The maximum absolute atomic E-state index is 13.2. The summed E-state index contributed by atoms with van der Waals surface area (Å²) in [6.07, 6.45) is 8.91. The number of carbonyl (C=O) groups is 1. The highest BCUT2D eigenvalue weighted by atomic mass is 16.5. The van der Waals surface area contributed by atoms with Crippen LogP contribution in [0, 0.1) is 0 Å². The average molecular weight is 449 g/mol. The molecule has 176 valence electrons. The smallest absolute Gasteiger partial charge is 0.347 e. The molecule has 0 N–H and O–H groups in total. The molecule has 0 heterocycles. The number of rotatable bonds is 14. The van der Waals surface area contributed by atoms with Crippen molar-refractivity contribution in [3.05, 3.63) is 66.2 Å². The van der Waals surface area contributed by atoms with Crippen LogP contribution in [0.3, 0.4) is 0 Å². The third-order valence-corrected chi connectivity index (χ3v) is 5.63. The monoisotopic (exact) mass is 448 g/mol. The van der Waals surface area contributed by atoms with Gasteiger partial charge < -0.3 is 14.2 Å². The average Bonchev–Trinajstić information content (AvgIpc) is 2.85. The third-order valence-electron chi connectivity index (χ3n) is 5.63. The zero-order valence-corrected chi connectivity index (χ0v) is 20.0. The number of ether oxygens (including phenoxy) is 3. The highest BCUT2D eigenvalue weighted by Crippen LogP contribution is 2.38. The summed E-state index contributed by atoms with van der Waals surface area (Å²) >= 11 is 0. The molecule has 4 nitrogen and oxygen atoms in total. The van der Waals surface area contributed by atoms with Crippen molar-refractivity contribution in [2.24, 2.45) is 0 Å². The lowest BCUT2D eigenvalue weighted by Gasteiger charge is -2.17. The van der Waals surface area contributed by atoms with Crippen LogP contribution in [-0.4, -0.2) is 19.2 Å². The number of hydrogen-bond donors (Lipinski definition) is 0. The molecule has 0 aliphatic rings. The van der Waals surface area contributed by atoms with Crippen molar-refractivity contribution in [3.63, 3.8) is 0 Å². The minimum absolute atomic E-state index is 0.400. The molecule has 0 unspecified atom stereocenters. The van der Waals surface area contributed by atoms with E-state index < -0.39 is 5.97 Å². The topological polar surface area (TPSA) is 44.8 Å². The summed E-state index contributed by atoms with van der Waals surface area (Å²) in [6.45, 7) is 5.56. The predicted molar refractivity (Wildman–Crippen MR) is 135 cm³/mol. The molecule has 0 atom stereocenters. The van der Waals surface area contributed by atoms with Crippen molar-refractivity contribution in [2.75, 3.05) is 13.2 Å². The number of fused-ring (bicyclic) bond motifs is 1. The van der Waals surface area contributed by atoms with Crippen molar-refractivity contribution >= 4 is 16.7 Å². The van der Waals surface area contributed by atoms with Crippen LogP contribution >= 0.6 is 0 Å². The van der Waals surface area contributed by atoms with Crippen LogP contribution in [0.2, 0.25) is 0 Å². The molecule has 0 aromatic heterocycles. The fourth-order valence-corrected chi connectivity index (χ4v) is 3.81. The van der Waals surface area contributed by atoms with E-state index in [4.69, 9.17) is 14.2 Å². The molecule has 0 spiro atoms. The van der Waals surface area contributed by atoms with E-state index in [0.717, 1.165) is 36.5 Å². The van der Waals surface area contributed by atoms with Gasteiger partial charge in [-0.25, -0.2) is 4.79 Å². The first kappa shape index (κ1) is 24.6. The molecule has 0 amide bonds. The van der Waals surface area contributed by atoms with E-state index >= 15 is 0 Å². The highest BCUT2D eigenvalue weighted by Gasteiger charge is 2.21. The summed E-state index contributed by atoms with van der Waals surface area (Å²) in [7, 11) is 0. The van der Waals surface area contributed by atoms with Gasteiger partial charge in [0.2, 0.25) is 0 Å². The van der Waals surface area contributed by atoms with Crippen LogP contribution in [0.5, 0.6) is 17.2 Å². The Hall–Kier alpha value is -3.01. The van der Waals surface area contributed by atoms with Crippen LogP contribution in [0.1, 0.15) is 75.6 Å². The second-order valence-electron chi connectivity index (χ2n) is 8.32. The number of hydrogen-bond acceptors (Lipinski definition) is 4. The molecule has 0 aliphatic carbocycles. The summed E-state index contributed by atoms with van der Waals surface area (Å²) in [5.74, 6) is 1.33. The third kappa shape index (κ3) is 7.24. The van der Waals surface area contributed by atoms with Gasteiger partial charge in [-0.2, -0.15) is 0 Å². The Morgan fingerprint density at radius 3 is 1.97 bits per heavy atom. The lowest BCUT2D eigenvalue weighted by Crippen LogP contribution is -2.13. The van der Waals surface area contributed by atoms with E-state index in [0.29, 0.717) is 36.0 Å². The van der Waals surface area contributed by atoms with Gasteiger partial charge >= 0.3 is 5.97 Å². The van der Waals surface area contributed by atoms with Gasteiger partial charge in [-0.1, -0.05) is 94.8 Å². The van der Waals surface area contributed by atoms with Crippen LogP contribution in [0.4, 0.5) is 0 Å². The van der Waals surface area contributed by atoms with Crippen LogP contribution in [0.25, 0.3) is 10.8 Å². The van der Waals surface area contributed by atoms with Crippen LogP contribution in [0.15, 0.2) is 60.7 Å². The molecule has 33 heavy (non-hydrogen) atoms. The second kappa shape index (κ2) is 13.5. The minimum Gasteiger partial charge on any atom is -0.493 e. The molecule has 3 rings (SSSR count). The summed E-state index contributed by atoms with van der Waals surface area (Å²) in [4.78, 5) is 13.2. The molecule has 0 fully saturated rings. The first-order valence-electron chi connectivity index (χ1n) is 12.3. The van der Waals surface area contributed by atoms with Crippen molar-refractivity contribution in [3.8, 4) is 17.2 Å². The molecule has 0 aliphatic heterocycles. The molecule has 3 aromatic carbocycles. The molecule has 4 heteroatoms. The largest absolute Gasteiger partial charge is 0.493 e. The zero-order chi connectivity index (χ0) is 23.3. The van der Waals surface area contributed by atoms with E-state index in [9.17, 15) is 4.79 Å². The molecule has 0 saturated carbocycles. The van der Waals surface area contributed by atoms with Gasteiger partial charge in [-0.15, -0.1) is 0 Å². The molecule has 3 aromatic rings. The van der Waals surface area contributed by atoms with Crippen molar-refractivity contribution in [1.82, 2.24) is 0 Å². The van der Waals surface area contributed by atoms with E-state index in [1.165, 1.54) is 25.7 Å². The lowest BCUT2D eigenvalue weighted by atomic mass is 10.0. The van der Waals surface area contributed by atoms with Crippen molar-refractivity contribution < 1.29 is 19.0 Å². The Bertz CT molecular complexity index is 997. The number of para-hydroxylation sites is 1. The Morgan fingerprint density at radius 2 is 1.30 bits per heavy atom. The van der Waals surface area contributed by atoms with Crippen LogP contribution < -0.4 is 14.2 Å². The number of benzene rings is 3. The fraction of sp³-hybridized carbons (Fsp3) is 0.414. The quantitative estimate of drug-likeness (QED) is 0.142. The van der Waals surface area contributed by atoms with E-state index in [1.54, 1.807) is 18.2 Å². The Kier molecular flexibility index (Phi) is 10.1. The number of carbonyl (C=O) groups excluding carboxylic acids is 1. The van der Waals surface area contributed by atoms with Gasteiger partial charge in [0, 0.05) is 10.8 Å². The Balaban J connectivity index is 1.91. The molecular formula is C29H36O4. The van der Waals surface area contributed by atoms with Gasteiger partial charge in [0.05, 0.1) is 13.2 Å². The number of esters is 1. The first-order chi connectivity index (χ1) is 16.2. The summed E-state index contributed by atoms with van der Waals surface area (Å²) in [6, 6.07) is 18.9. The van der Waals surface area contributed by atoms with Gasteiger partial charge in [0.15, 0.2) is 0 Å². The highest BCUT2D eigenvalue weighted by molar-refractivity contribution is 6.04. The molecule has 0 radical (unpaired) electrons. The van der Waals surface area contributed by atoms with Gasteiger partial charge in [-0.05, 0) is 31.0 Å². The normalized spacial score (nSPS) is 10.8. The lowest BCUT2D eigenvalue weighted by molar-refractivity contribution is 0.0730. The number of unbranched alkanes of at least 4 members (excludes halogenated alkanes) is 6. The van der Waals surface area contributed by atoms with Gasteiger partial charge in [0.25, 0.3) is 0 Å². The molecule has 0 bridgehead atoms. The first-order valence-corrected chi connectivity index (χ1v) is 12.3. The summed E-state index contributed by atoms with van der Waals surface area (Å²) in [5, 5.41) is 1.83. The summed E-state index contributed by atoms with van der Waals surface area (Å²) < 4.78 is 18.0. The zero-order valence-electron chi connectivity index (χ0n) is 20.0. The molecule has 0 saturated heterocycles. The van der Waals surface area contributed by atoms with Gasteiger partial charge in [0.1, 0.15) is 22.8 Å².